The van der Waals surface area contributed by atoms with E-state index in [2.05, 4.69) is 25.7 Å². The number of aryl methyl sites for hydroxylation is 1. The lowest BCUT2D eigenvalue weighted by Gasteiger charge is -1.99. The number of ether oxygens (including phenoxy) is 1. The van der Waals surface area contributed by atoms with Gasteiger partial charge in [-0.2, -0.15) is 0 Å². The molecule has 8 heteroatoms. The zero-order valence-electron chi connectivity index (χ0n) is 7.84. The van der Waals surface area contributed by atoms with Crippen molar-refractivity contribution in [3.05, 3.63) is 20.9 Å². The summed E-state index contributed by atoms with van der Waals surface area (Å²) in [7, 11) is 1.26. The highest BCUT2D eigenvalue weighted by atomic mass is 79.9. The Morgan fingerprint density at radius 1 is 1.80 bits per heavy atom. The van der Waals surface area contributed by atoms with E-state index in [4.69, 9.17) is 0 Å². The van der Waals surface area contributed by atoms with Crippen LogP contribution in [0.1, 0.15) is 6.42 Å². The predicted octanol–water partition coefficient (Wildman–Crippen LogP) is 1.12. The molecular weight excluding hydrogens is 270 g/mol. The Kier molecular flexibility index (Phi) is 3.78. The van der Waals surface area contributed by atoms with Crippen molar-refractivity contribution >= 4 is 27.8 Å². The Morgan fingerprint density at radius 2 is 2.47 bits per heavy atom. The van der Waals surface area contributed by atoms with Gasteiger partial charge in [-0.1, -0.05) is 4.98 Å². The van der Waals surface area contributed by atoms with Crippen LogP contribution in [0.15, 0.2) is 10.8 Å². The SMILES string of the molecule is COC(=O)CCn1cc(Br)nc1[N+](=O)[O-]. The van der Waals surface area contributed by atoms with Crippen LogP contribution in [0.5, 0.6) is 0 Å². The van der Waals surface area contributed by atoms with E-state index in [0.717, 1.165) is 0 Å². The van der Waals surface area contributed by atoms with Gasteiger partial charge in [0.1, 0.15) is 6.20 Å². The molecule has 1 heterocycles. The summed E-state index contributed by atoms with van der Waals surface area (Å²) in [5, 5.41) is 10.5. The molecule has 0 aromatic carbocycles. The van der Waals surface area contributed by atoms with Crippen molar-refractivity contribution < 1.29 is 14.5 Å². The highest BCUT2D eigenvalue weighted by Gasteiger charge is 2.18. The lowest BCUT2D eigenvalue weighted by molar-refractivity contribution is -0.396. The molecule has 0 fully saturated rings. The molecule has 0 amide bonds. The summed E-state index contributed by atoms with van der Waals surface area (Å²) < 4.78 is 6.06. The number of nitrogens with zero attached hydrogens (tertiary/aromatic N) is 3. The first kappa shape index (κ1) is 11.6. The van der Waals surface area contributed by atoms with Gasteiger partial charge in [-0.15, -0.1) is 0 Å². The molecule has 0 spiro atoms. The van der Waals surface area contributed by atoms with Gasteiger partial charge in [0.05, 0.1) is 20.1 Å². The van der Waals surface area contributed by atoms with Crippen molar-refractivity contribution in [2.24, 2.45) is 0 Å². The van der Waals surface area contributed by atoms with E-state index in [1.807, 2.05) is 0 Å². The number of imidazole rings is 1. The van der Waals surface area contributed by atoms with E-state index in [9.17, 15) is 14.9 Å². The van der Waals surface area contributed by atoms with Crippen molar-refractivity contribution in [3.8, 4) is 0 Å². The number of hydrogen-bond acceptors (Lipinski definition) is 5. The number of methoxy groups -OCH3 is 1. The maximum absolute atomic E-state index is 10.8. The number of esters is 1. The molecule has 0 aliphatic rings. The number of nitro groups is 1. The Hall–Kier alpha value is -1.44. The van der Waals surface area contributed by atoms with Crippen molar-refractivity contribution in [3.63, 3.8) is 0 Å². The lowest BCUT2D eigenvalue weighted by atomic mass is 10.4. The number of hydrogen-bond donors (Lipinski definition) is 0. The molecule has 0 bridgehead atoms. The van der Waals surface area contributed by atoms with E-state index in [0.29, 0.717) is 4.60 Å². The maximum Gasteiger partial charge on any atom is 0.435 e. The summed E-state index contributed by atoms with van der Waals surface area (Å²) in [5.41, 5.74) is 0. The number of halogens is 1. The molecule has 1 aromatic rings. The smallest absolute Gasteiger partial charge is 0.435 e. The molecule has 0 saturated heterocycles. The summed E-state index contributed by atoms with van der Waals surface area (Å²) in [6.07, 6.45) is 1.52. The Balaban J connectivity index is 2.75. The van der Waals surface area contributed by atoms with Gasteiger partial charge < -0.3 is 14.9 Å². The minimum absolute atomic E-state index is 0.0696. The van der Waals surface area contributed by atoms with Crippen LogP contribution >= 0.6 is 15.9 Å². The van der Waals surface area contributed by atoms with E-state index < -0.39 is 10.9 Å². The van der Waals surface area contributed by atoms with Gasteiger partial charge in [-0.25, -0.2) is 4.57 Å². The molecular formula is C7H8BrN3O4. The first-order chi connectivity index (χ1) is 7.04. The molecule has 0 atom stereocenters. The van der Waals surface area contributed by atoms with Gasteiger partial charge in [-0.3, -0.25) is 4.79 Å². The zero-order valence-corrected chi connectivity index (χ0v) is 9.43. The summed E-state index contributed by atoms with van der Waals surface area (Å²) in [6, 6.07) is 0. The molecule has 1 aromatic heterocycles. The summed E-state index contributed by atoms with van der Waals surface area (Å²) in [4.78, 5) is 24.4. The van der Waals surface area contributed by atoms with Crippen molar-refractivity contribution in [2.75, 3.05) is 7.11 Å². The first-order valence-corrected chi connectivity index (χ1v) is 4.77. The molecule has 0 aliphatic carbocycles. The molecule has 7 nitrogen and oxygen atoms in total. The molecule has 0 aliphatic heterocycles. The Morgan fingerprint density at radius 3 is 3.00 bits per heavy atom. The van der Waals surface area contributed by atoms with Crippen LogP contribution in [0.2, 0.25) is 0 Å². The van der Waals surface area contributed by atoms with Gasteiger partial charge in [0.25, 0.3) is 0 Å². The van der Waals surface area contributed by atoms with Crippen LogP contribution in [-0.2, 0) is 16.1 Å². The largest absolute Gasteiger partial charge is 0.469 e. The van der Waals surface area contributed by atoms with E-state index in [1.165, 1.54) is 17.9 Å². The molecule has 0 radical (unpaired) electrons. The van der Waals surface area contributed by atoms with Crippen LogP contribution < -0.4 is 0 Å². The quantitative estimate of drug-likeness (QED) is 0.468. The molecule has 0 N–H and O–H groups in total. The van der Waals surface area contributed by atoms with Crippen LogP contribution in [0, 0.1) is 10.1 Å². The minimum Gasteiger partial charge on any atom is -0.469 e. The fraction of sp³-hybridized carbons (Fsp3) is 0.429. The van der Waals surface area contributed by atoms with E-state index in [1.54, 1.807) is 0 Å². The lowest BCUT2D eigenvalue weighted by Crippen LogP contribution is -2.08. The predicted molar refractivity (Wildman–Crippen MR) is 53.2 cm³/mol. The minimum atomic E-state index is -0.609. The van der Waals surface area contributed by atoms with Crippen molar-refractivity contribution in [1.29, 1.82) is 0 Å². The second-order valence-electron chi connectivity index (χ2n) is 2.64. The number of carbonyl (C=O) groups is 1. The fourth-order valence-electron chi connectivity index (χ4n) is 0.999. The Bertz CT molecular complexity index is 390. The van der Waals surface area contributed by atoms with Crippen molar-refractivity contribution in [1.82, 2.24) is 9.55 Å². The fourth-order valence-corrected chi connectivity index (χ4v) is 1.40. The highest BCUT2D eigenvalue weighted by Crippen LogP contribution is 2.16. The van der Waals surface area contributed by atoms with Crippen LogP contribution in [-0.4, -0.2) is 27.6 Å². The first-order valence-electron chi connectivity index (χ1n) is 3.98. The van der Waals surface area contributed by atoms with Gasteiger partial charge in [0.15, 0.2) is 0 Å². The monoisotopic (exact) mass is 277 g/mol. The summed E-state index contributed by atoms with van der Waals surface area (Å²) in [5.74, 6) is -0.722. The Labute approximate surface area is 93.3 Å². The molecule has 0 unspecified atom stereocenters. The van der Waals surface area contributed by atoms with Crippen LogP contribution in [0.25, 0.3) is 0 Å². The van der Waals surface area contributed by atoms with Crippen LogP contribution in [0.3, 0.4) is 0 Å². The highest BCUT2D eigenvalue weighted by molar-refractivity contribution is 9.10. The second kappa shape index (κ2) is 4.87. The van der Waals surface area contributed by atoms with Gasteiger partial charge in [0, 0.05) is 0 Å². The number of rotatable bonds is 4. The summed E-state index contributed by atoms with van der Waals surface area (Å²) >= 11 is 3.02. The normalized spacial score (nSPS) is 10.0. The van der Waals surface area contributed by atoms with Crippen LogP contribution in [0.4, 0.5) is 5.95 Å². The van der Waals surface area contributed by atoms with Gasteiger partial charge in [-0.05, 0) is 20.9 Å². The third-order valence-electron chi connectivity index (χ3n) is 1.67. The summed E-state index contributed by atoms with van der Waals surface area (Å²) in [6.45, 7) is 0.168. The zero-order chi connectivity index (χ0) is 11.4. The van der Waals surface area contributed by atoms with E-state index in [-0.39, 0.29) is 18.9 Å². The van der Waals surface area contributed by atoms with Gasteiger partial charge >= 0.3 is 11.9 Å². The topological polar surface area (TPSA) is 87.3 Å². The average molecular weight is 278 g/mol. The third kappa shape index (κ3) is 3.01. The maximum atomic E-state index is 10.8. The van der Waals surface area contributed by atoms with E-state index >= 15 is 0 Å². The second-order valence-corrected chi connectivity index (χ2v) is 3.45. The molecule has 82 valence electrons. The number of aromatic nitrogens is 2. The molecule has 0 saturated carbocycles. The van der Waals surface area contributed by atoms with Gasteiger partial charge in [0.2, 0.25) is 4.60 Å². The number of carbonyl (C=O) groups excluding carboxylic acids is 1. The standard InChI is InChI=1S/C7H8BrN3O4/c1-15-6(12)2-3-10-4-5(8)9-7(10)11(13)14/h4H,2-3H2,1H3. The molecule has 1 rings (SSSR count). The molecule has 15 heavy (non-hydrogen) atoms. The third-order valence-corrected chi connectivity index (χ3v) is 2.06. The average Bonchev–Trinajstić information content (AvgIpc) is 2.56. The van der Waals surface area contributed by atoms with Crippen molar-refractivity contribution in [2.45, 2.75) is 13.0 Å².